The summed E-state index contributed by atoms with van der Waals surface area (Å²) in [5, 5.41) is 16.0. The van der Waals surface area contributed by atoms with Crippen molar-refractivity contribution >= 4 is 33.0 Å². The maximum Gasteiger partial charge on any atom is 0.283 e. The van der Waals surface area contributed by atoms with Gasteiger partial charge in [0.25, 0.3) is 11.2 Å². The first kappa shape index (κ1) is 17.5. The minimum Gasteiger partial charge on any atom is -0.267 e. The van der Waals surface area contributed by atoms with Crippen molar-refractivity contribution in [1.82, 2.24) is 9.66 Å². The Morgan fingerprint density at radius 3 is 2.67 bits per heavy atom. The lowest BCUT2D eigenvalue weighted by Gasteiger charge is -2.10. The predicted octanol–water partition coefficient (Wildman–Crippen LogP) is 3.83. The zero-order chi connectivity index (χ0) is 19.1. The normalized spacial score (nSPS) is 14.4. The Balaban J connectivity index is 1.82. The van der Waals surface area contributed by atoms with E-state index in [1.165, 1.54) is 21.7 Å². The molecule has 0 N–H and O–H groups in total. The quantitative estimate of drug-likeness (QED) is 0.391. The highest BCUT2D eigenvalue weighted by atomic mass is 32.1. The van der Waals surface area contributed by atoms with Crippen LogP contribution in [-0.4, -0.2) is 20.3 Å². The average Bonchev–Trinajstić information content (AvgIpc) is 3.03. The second-order valence-electron chi connectivity index (χ2n) is 6.66. The molecule has 7 nitrogen and oxygen atoms in total. The highest BCUT2D eigenvalue weighted by Gasteiger charge is 2.21. The molecule has 8 heteroatoms. The minimum absolute atomic E-state index is 0.0212. The summed E-state index contributed by atoms with van der Waals surface area (Å²) in [6, 6.07) is 6.13. The van der Waals surface area contributed by atoms with Gasteiger partial charge in [0.05, 0.1) is 16.0 Å². The third-order valence-corrected chi connectivity index (χ3v) is 6.06. The Labute approximate surface area is 159 Å². The van der Waals surface area contributed by atoms with Crippen LogP contribution < -0.4 is 5.56 Å². The average molecular weight is 382 g/mol. The molecule has 3 aromatic rings. The van der Waals surface area contributed by atoms with Crippen molar-refractivity contribution in [2.45, 2.75) is 39.5 Å². The fourth-order valence-electron chi connectivity index (χ4n) is 3.45. The van der Waals surface area contributed by atoms with Gasteiger partial charge in [0.2, 0.25) is 0 Å². The van der Waals surface area contributed by atoms with Crippen LogP contribution in [0, 0.1) is 17.0 Å². The van der Waals surface area contributed by atoms with Gasteiger partial charge >= 0.3 is 0 Å². The number of benzene rings is 1. The SMILES string of the molecule is CC(=Nn1c(C)nc2sc3c(c2c1=O)CCCC3)c1ccc([N+](=O)[O-])cc1. The van der Waals surface area contributed by atoms with Crippen molar-refractivity contribution in [1.29, 1.82) is 0 Å². The Morgan fingerprint density at radius 2 is 1.96 bits per heavy atom. The summed E-state index contributed by atoms with van der Waals surface area (Å²) in [5.74, 6) is 0.535. The third-order valence-electron chi connectivity index (χ3n) is 4.87. The molecule has 0 spiro atoms. The molecule has 27 heavy (non-hydrogen) atoms. The zero-order valence-corrected chi connectivity index (χ0v) is 15.9. The van der Waals surface area contributed by atoms with Crippen LogP contribution in [0.5, 0.6) is 0 Å². The van der Waals surface area contributed by atoms with Gasteiger partial charge in [-0.1, -0.05) is 0 Å². The molecular formula is C19H18N4O3S. The van der Waals surface area contributed by atoms with Crippen LogP contribution in [0.25, 0.3) is 10.2 Å². The first-order chi connectivity index (χ1) is 13.0. The molecule has 0 bridgehead atoms. The number of nitro benzene ring substituents is 1. The monoisotopic (exact) mass is 382 g/mol. The van der Waals surface area contributed by atoms with Crippen LogP contribution in [0.4, 0.5) is 5.69 Å². The molecular weight excluding hydrogens is 364 g/mol. The van der Waals surface area contributed by atoms with Gasteiger partial charge in [-0.3, -0.25) is 14.9 Å². The number of aromatic nitrogens is 2. The van der Waals surface area contributed by atoms with Crippen LogP contribution >= 0.6 is 11.3 Å². The number of rotatable bonds is 3. The van der Waals surface area contributed by atoms with Gasteiger partial charge in [-0.2, -0.15) is 9.78 Å². The van der Waals surface area contributed by atoms with Crippen molar-refractivity contribution < 1.29 is 4.92 Å². The number of hydrogen-bond acceptors (Lipinski definition) is 6. The Bertz CT molecular complexity index is 1140. The maximum atomic E-state index is 13.1. The molecule has 0 fully saturated rings. The fraction of sp³-hybridized carbons (Fsp3) is 0.316. The Morgan fingerprint density at radius 1 is 1.26 bits per heavy atom. The Kier molecular flexibility index (Phi) is 4.35. The number of aryl methyl sites for hydroxylation is 3. The van der Waals surface area contributed by atoms with Gasteiger partial charge in [0.1, 0.15) is 10.7 Å². The predicted molar refractivity (Wildman–Crippen MR) is 106 cm³/mol. The second-order valence-corrected chi connectivity index (χ2v) is 7.74. The van der Waals surface area contributed by atoms with E-state index >= 15 is 0 Å². The van der Waals surface area contributed by atoms with Gasteiger partial charge in [-0.25, -0.2) is 4.98 Å². The lowest BCUT2D eigenvalue weighted by molar-refractivity contribution is -0.384. The van der Waals surface area contributed by atoms with Crippen molar-refractivity contribution in [3.63, 3.8) is 0 Å². The molecule has 2 aromatic heterocycles. The molecule has 0 radical (unpaired) electrons. The van der Waals surface area contributed by atoms with E-state index in [4.69, 9.17) is 0 Å². The summed E-state index contributed by atoms with van der Waals surface area (Å²) in [4.78, 5) is 30.2. The first-order valence-electron chi connectivity index (χ1n) is 8.80. The first-order valence-corrected chi connectivity index (χ1v) is 9.61. The smallest absolute Gasteiger partial charge is 0.267 e. The molecule has 2 heterocycles. The van der Waals surface area contributed by atoms with E-state index in [1.807, 2.05) is 0 Å². The highest BCUT2D eigenvalue weighted by molar-refractivity contribution is 7.18. The number of fused-ring (bicyclic) bond motifs is 3. The third kappa shape index (κ3) is 3.06. The van der Waals surface area contributed by atoms with E-state index < -0.39 is 4.92 Å². The van der Waals surface area contributed by atoms with Crippen molar-refractivity contribution in [2.24, 2.45) is 5.10 Å². The molecule has 0 amide bonds. The number of nitrogens with zero attached hydrogens (tertiary/aromatic N) is 4. The Hall–Kier alpha value is -2.87. The summed E-state index contributed by atoms with van der Waals surface area (Å²) in [6.07, 6.45) is 4.18. The van der Waals surface area contributed by atoms with E-state index in [-0.39, 0.29) is 11.2 Å². The summed E-state index contributed by atoms with van der Waals surface area (Å²) < 4.78 is 1.35. The summed E-state index contributed by atoms with van der Waals surface area (Å²) in [5.41, 5.74) is 2.33. The zero-order valence-electron chi connectivity index (χ0n) is 15.1. The molecule has 0 saturated heterocycles. The van der Waals surface area contributed by atoms with Crippen molar-refractivity contribution in [2.75, 3.05) is 0 Å². The molecule has 1 aliphatic rings. The summed E-state index contributed by atoms with van der Waals surface area (Å²) in [6.45, 7) is 3.55. The topological polar surface area (TPSA) is 90.4 Å². The van der Waals surface area contributed by atoms with Crippen LogP contribution in [0.2, 0.25) is 0 Å². The van der Waals surface area contributed by atoms with Crippen molar-refractivity contribution in [3.8, 4) is 0 Å². The molecule has 0 aliphatic heterocycles. The fourth-order valence-corrected chi connectivity index (χ4v) is 4.75. The van der Waals surface area contributed by atoms with Crippen LogP contribution in [0.15, 0.2) is 34.2 Å². The van der Waals surface area contributed by atoms with Crippen molar-refractivity contribution in [3.05, 3.63) is 66.6 Å². The number of nitro groups is 1. The van der Waals surface area contributed by atoms with E-state index in [1.54, 1.807) is 37.3 Å². The lowest BCUT2D eigenvalue weighted by atomic mass is 9.97. The van der Waals surface area contributed by atoms with Gasteiger partial charge in [-0.15, -0.1) is 11.3 Å². The van der Waals surface area contributed by atoms with Gasteiger partial charge in [0.15, 0.2) is 0 Å². The standard InChI is InChI=1S/C19H18N4O3S/c1-11(13-7-9-14(10-8-13)23(25)26)21-22-12(2)20-18-17(19(22)24)15-5-3-4-6-16(15)27-18/h7-10H,3-6H2,1-2H3. The molecule has 1 aliphatic carbocycles. The van der Waals surface area contributed by atoms with E-state index in [0.717, 1.165) is 41.6 Å². The molecule has 1 aromatic carbocycles. The van der Waals surface area contributed by atoms with Gasteiger partial charge in [-0.05, 0) is 62.8 Å². The van der Waals surface area contributed by atoms with E-state index in [2.05, 4.69) is 10.1 Å². The van der Waals surface area contributed by atoms with E-state index in [0.29, 0.717) is 16.9 Å². The lowest BCUT2D eigenvalue weighted by Crippen LogP contribution is -2.22. The van der Waals surface area contributed by atoms with Crippen LogP contribution in [0.3, 0.4) is 0 Å². The van der Waals surface area contributed by atoms with E-state index in [9.17, 15) is 14.9 Å². The van der Waals surface area contributed by atoms with Gasteiger partial charge in [0, 0.05) is 17.0 Å². The molecule has 0 unspecified atom stereocenters. The number of hydrogen-bond donors (Lipinski definition) is 0. The maximum absolute atomic E-state index is 13.1. The number of non-ortho nitro benzene ring substituents is 1. The highest BCUT2D eigenvalue weighted by Crippen LogP contribution is 2.33. The number of thiophene rings is 1. The summed E-state index contributed by atoms with van der Waals surface area (Å²) >= 11 is 1.62. The second kappa shape index (κ2) is 6.70. The minimum atomic E-state index is -0.442. The van der Waals surface area contributed by atoms with Crippen LogP contribution in [-0.2, 0) is 12.8 Å². The molecule has 4 rings (SSSR count). The van der Waals surface area contributed by atoms with Gasteiger partial charge < -0.3 is 0 Å². The molecule has 0 atom stereocenters. The molecule has 0 saturated carbocycles. The summed E-state index contributed by atoms with van der Waals surface area (Å²) in [7, 11) is 0. The molecule has 138 valence electrons. The largest absolute Gasteiger partial charge is 0.283 e. The van der Waals surface area contributed by atoms with Crippen LogP contribution in [0.1, 0.15) is 41.6 Å².